The summed E-state index contributed by atoms with van der Waals surface area (Å²) >= 11 is 0. The minimum atomic E-state index is 0.0781. The molecule has 26 heavy (non-hydrogen) atoms. The lowest BCUT2D eigenvalue weighted by Crippen LogP contribution is -2.49. The minimum Gasteiger partial charge on any atom is -0.351 e. The van der Waals surface area contributed by atoms with Crippen LogP contribution in [0.15, 0.2) is 54.6 Å². The van der Waals surface area contributed by atoms with Crippen molar-refractivity contribution in [1.82, 2.24) is 15.1 Å². The summed E-state index contributed by atoms with van der Waals surface area (Å²) in [6.45, 7) is 5.62. The molecule has 1 aliphatic heterocycles. The summed E-state index contributed by atoms with van der Waals surface area (Å²) in [6.07, 6.45) is 0. The Morgan fingerprint density at radius 3 is 2.23 bits per heavy atom. The van der Waals surface area contributed by atoms with Gasteiger partial charge in [-0.3, -0.25) is 14.6 Å². The molecule has 0 bridgehead atoms. The van der Waals surface area contributed by atoms with Crippen LogP contribution in [0.3, 0.4) is 0 Å². The quantitative estimate of drug-likeness (QED) is 0.867. The van der Waals surface area contributed by atoms with Gasteiger partial charge in [0.1, 0.15) is 0 Å². The largest absolute Gasteiger partial charge is 0.351 e. The molecule has 2 aromatic rings. The van der Waals surface area contributed by atoms with Gasteiger partial charge in [-0.2, -0.15) is 5.26 Å². The van der Waals surface area contributed by atoms with Gasteiger partial charge in [0.25, 0.3) is 0 Å². The van der Waals surface area contributed by atoms with Gasteiger partial charge in [-0.15, -0.1) is 0 Å². The standard InChI is InChI=1S/C21H24N4O/c22-14-18-6-8-20(9-7-18)16-24-10-12-25(13-11-24)17-21(26)23-15-19-4-2-1-3-5-19/h1-9H,10-13,15-17H2,(H,23,26). The average molecular weight is 348 g/mol. The molecule has 5 nitrogen and oxygen atoms in total. The Kier molecular flexibility index (Phi) is 6.37. The van der Waals surface area contributed by atoms with Gasteiger partial charge in [0.05, 0.1) is 18.2 Å². The van der Waals surface area contributed by atoms with Crippen molar-refractivity contribution in [3.05, 3.63) is 71.3 Å². The van der Waals surface area contributed by atoms with Crippen LogP contribution in [0.4, 0.5) is 0 Å². The van der Waals surface area contributed by atoms with Crippen molar-refractivity contribution in [3.8, 4) is 6.07 Å². The van der Waals surface area contributed by atoms with E-state index >= 15 is 0 Å². The smallest absolute Gasteiger partial charge is 0.234 e. The fraction of sp³-hybridized carbons (Fsp3) is 0.333. The lowest BCUT2D eigenvalue weighted by atomic mass is 10.1. The average Bonchev–Trinajstić information content (AvgIpc) is 2.69. The van der Waals surface area contributed by atoms with E-state index in [1.54, 1.807) is 0 Å². The highest BCUT2D eigenvalue weighted by Crippen LogP contribution is 2.10. The number of hydrogen-bond acceptors (Lipinski definition) is 4. The summed E-state index contributed by atoms with van der Waals surface area (Å²) < 4.78 is 0. The van der Waals surface area contributed by atoms with E-state index in [1.165, 1.54) is 5.56 Å². The van der Waals surface area contributed by atoms with Crippen LogP contribution in [0.1, 0.15) is 16.7 Å². The van der Waals surface area contributed by atoms with E-state index in [1.807, 2.05) is 54.6 Å². The maximum absolute atomic E-state index is 12.1. The molecule has 3 rings (SSSR count). The predicted octanol–water partition coefficient (Wildman–Crippen LogP) is 1.99. The second-order valence-corrected chi connectivity index (χ2v) is 6.62. The van der Waals surface area contributed by atoms with Crippen LogP contribution in [0.2, 0.25) is 0 Å². The number of nitrogens with zero attached hydrogens (tertiary/aromatic N) is 3. The van der Waals surface area contributed by atoms with Gasteiger partial charge in [0.15, 0.2) is 0 Å². The third-order valence-corrected chi connectivity index (χ3v) is 4.65. The third-order valence-electron chi connectivity index (χ3n) is 4.65. The SMILES string of the molecule is N#Cc1ccc(CN2CCN(CC(=O)NCc3ccccc3)CC2)cc1. The number of nitriles is 1. The maximum atomic E-state index is 12.1. The summed E-state index contributed by atoms with van der Waals surface area (Å²) in [5.74, 6) is 0.0781. The molecule has 0 saturated carbocycles. The Morgan fingerprint density at radius 2 is 1.58 bits per heavy atom. The highest BCUT2D eigenvalue weighted by molar-refractivity contribution is 5.78. The molecular weight excluding hydrogens is 324 g/mol. The minimum absolute atomic E-state index is 0.0781. The summed E-state index contributed by atoms with van der Waals surface area (Å²) in [5.41, 5.74) is 3.03. The topological polar surface area (TPSA) is 59.4 Å². The molecule has 2 aromatic carbocycles. The Labute approximate surface area is 154 Å². The van der Waals surface area contributed by atoms with E-state index in [-0.39, 0.29) is 5.91 Å². The Morgan fingerprint density at radius 1 is 0.923 bits per heavy atom. The van der Waals surface area contributed by atoms with Crippen molar-refractivity contribution in [3.63, 3.8) is 0 Å². The lowest BCUT2D eigenvalue weighted by molar-refractivity contribution is -0.122. The normalized spacial score (nSPS) is 15.3. The highest BCUT2D eigenvalue weighted by Gasteiger charge is 2.18. The van der Waals surface area contributed by atoms with Crippen molar-refractivity contribution in [2.45, 2.75) is 13.1 Å². The molecule has 1 N–H and O–H groups in total. The molecule has 5 heteroatoms. The molecule has 1 saturated heterocycles. The number of carbonyl (C=O) groups excluding carboxylic acids is 1. The van der Waals surface area contributed by atoms with Gasteiger partial charge < -0.3 is 5.32 Å². The molecule has 0 unspecified atom stereocenters. The number of amides is 1. The van der Waals surface area contributed by atoms with Crippen LogP contribution in [0.25, 0.3) is 0 Å². The fourth-order valence-corrected chi connectivity index (χ4v) is 3.10. The summed E-state index contributed by atoms with van der Waals surface area (Å²) in [5, 5.41) is 11.8. The molecule has 0 atom stereocenters. The predicted molar refractivity (Wildman–Crippen MR) is 101 cm³/mol. The molecule has 0 aliphatic carbocycles. The first kappa shape index (κ1) is 18.1. The van der Waals surface area contributed by atoms with Gasteiger partial charge in [0.2, 0.25) is 5.91 Å². The van der Waals surface area contributed by atoms with E-state index in [0.717, 1.165) is 38.3 Å². The summed E-state index contributed by atoms with van der Waals surface area (Å²) in [6, 6.07) is 19.9. The van der Waals surface area contributed by atoms with E-state index in [9.17, 15) is 4.79 Å². The zero-order chi connectivity index (χ0) is 18.2. The number of nitrogens with one attached hydrogen (secondary N) is 1. The molecule has 0 spiro atoms. The zero-order valence-corrected chi connectivity index (χ0v) is 14.9. The Bertz CT molecular complexity index is 744. The molecule has 1 amide bonds. The van der Waals surface area contributed by atoms with Crippen LogP contribution in [0, 0.1) is 11.3 Å². The maximum Gasteiger partial charge on any atom is 0.234 e. The molecule has 0 aromatic heterocycles. The number of piperazine rings is 1. The van der Waals surface area contributed by atoms with Crippen LogP contribution in [0.5, 0.6) is 0 Å². The van der Waals surface area contributed by atoms with Gasteiger partial charge in [-0.05, 0) is 23.3 Å². The second kappa shape index (κ2) is 9.14. The van der Waals surface area contributed by atoms with Crippen molar-refractivity contribution in [2.24, 2.45) is 0 Å². The van der Waals surface area contributed by atoms with Gasteiger partial charge in [-0.1, -0.05) is 42.5 Å². The van der Waals surface area contributed by atoms with E-state index in [4.69, 9.17) is 5.26 Å². The van der Waals surface area contributed by atoms with Gasteiger partial charge in [-0.25, -0.2) is 0 Å². The highest BCUT2D eigenvalue weighted by atomic mass is 16.2. The fourth-order valence-electron chi connectivity index (χ4n) is 3.10. The van der Waals surface area contributed by atoms with E-state index < -0.39 is 0 Å². The number of benzene rings is 2. The summed E-state index contributed by atoms with van der Waals surface area (Å²) in [4.78, 5) is 16.7. The Hall–Kier alpha value is -2.68. The summed E-state index contributed by atoms with van der Waals surface area (Å²) in [7, 11) is 0. The molecular formula is C21H24N4O. The monoisotopic (exact) mass is 348 g/mol. The number of rotatable bonds is 6. The molecule has 1 heterocycles. The van der Waals surface area contributed by atoms with Crippen LogP contribution in [-0.4, -0.2) is 48.4 Å². The van der Waals surface area contributed by atoms with Crippen molar-refractivity contribution >= 4 is 5.91 Å². The first-order valence-corrected chi connectivity index (χ1v) is 8.97. The van der Waals surface area contributed by atoms with Crippen molar-refractivity contribution < 1.29 is 4.79 Å². The zero-order valence-electron chi connectivity index (χ0n) is 14.9. The van der Waals surface area contributed by atoms with Crippen LogP contribution in [-0.2, 0) is 17.9 Å². The van der Waals surface area contributed by atoms with Crippen LogP contribution >= 0.6 is 0 Å². The van der Waals surface area contributed by atoms with Gasteiger partial charge >= 0.3 is 0 Å². The molecule has 1 aliphatic rings. The third kappa shape index (κ3) is 5.41. The first-order valence-electron chi connectivity index (χ1n) is 8.97. The van der Waals surface area contributed by atoms with E-state index in [2.05, 4.69) is 21.2 Å². The lowest BCUT2D eigenvalue weighted by Gasteiger charge is -2.34. The molecule has 134 valence electrons. The van der Waals surface area contributed by atoms with Gasteiger partial charge in [0, 0.05) is 39.3 Å². The van der Waals surface area contributed by atoms with Crippen LogP contribution < -0.4 is 5.32 Å². The first-order chi connectivity index (χ1) is 12.7. The molecule has 1 fully saturated rings. The van der Waals surface area contributed by atoms with Crippen molar-refractivity contribution in [1.29, 1.82) is 5.26 Å². The Balaban J connectivity index is 1.37. The second-order valence-electron chi connectivity index (χ2n) is 6.62. The van der Waals surface area contributed by atoms with E-state index in [0.29, 0.717) is 18.7 Å². The number of carbonyl (C=O) groups is 1. The molecule has 0 radical (unpaired) electrons. The van der Waals surface area contributed by atoms with Crippen molar-refractivity contribution in [2.75, 3.05) is 32.7 Å². The number of hydrogen-bond donors (Lipinski definition) is 1.